The van der Waals surface area contributed by atoms with E-state index in [1.165, 1.54) is 4.21 Å². The summed E-state index contributed by atoms with van der Waals surface area (Å²) in [7, 11) is 0. The van der Waals surface area contributed by atoms with Crippen molar-refractivity contribution in [1.29, 1.82) is 0 Å². The molecule has 0 saturated carbocycles. The molecule has 0 fully saturated rings. The summed E-state index contributed by atoms with van der Waals surface area (Å²) in [6, 6.07) is 4.10. The van der Waals surface area contributed by atoms with Crippen molar-refractivity contribution in [3.05, 3.63) is 30.0 Å². The number of nitrogens with one attached hydrogen (secondary N) is 1. The van der Waals surface area contributed by atoms with Crippen molar-refractivity contribution in [1.82, 2.24) is 20.2 Å². The molecule has 74 valence electrons. The van der Waals surface area contributed by atoms with Crippen LogP contribution in [-0.2, 0) is 0 Å². The maximum atomic E-state index is 4.25. The number of aromatic nitrogens is 4. The standard InChI is InChI=1S/C9H6N4S2/c1-2-7(14-3-1)15-9-6-4-12-13-8(6)10-5-11-9/h1-5H,(H,10,11,12,13). The van der Waals surface area contributed by atoms with E-state index >= 15 is 0 Å². The Morgan fingerprint density at radius 2 is 2.33 bits per heavy atom. The molecule has 0 saturated heterocycles. The van der Waals surface area contributed by atoms with Gasteiger partial charge >= 0.3 is 0 Å². The number of H-pyrrole nitrogens is 1. The van der Waals surface area contributed by atoms with Crippen LogP contribution < -0.4 is 0 Å². The van der Waals surface area contributed by atoms with E-state index in [1.54, 1.807) is 35.6 Å². The first-order valence-corrected chi connectivity index (χ1v) is 5.98. The second-order valence-corrected chi connectivity index (χ2v) is 5.08. The smallest absolute Gasteiger partial charge is 0.159 e. The molecule has 0 aromatic carbocycles. The van der Waals surface area contributed by atoms with Gasteiger partial charge in [-0.2, -0.15) is 5.10 Å². The van der Waals surface area contributed by atoms with Crippen LogP contribution in [0.3, 0.4) is 0 Å². The lowest BCUT2D eigenvalue weighted by molar-refractivity contribution is 1.07. The number of hydrogen-bond acceptors (Lipinski definition) is 5. The summed E-state index contributed by atoms with van der Waals surface area (Å²) in [6.07, 6.45) is 3.31. The van der Waals surface area contributed by atoms with Crippen LogP contribution >= 0.6 is 23.1 Å². The van der Waals surface area contributed by atoms with Crippen LogP contribution in [0.5, 0.6) is 0 Å². The zero-order chi connectivity index (χ0) is 10.1. The second-order valence-electron chi connectivity index (χ2n) is 2.85. The number of hydrogen-bond donors (Lipinski definition) is 1. The first kappa shape index (κ1) is 8.87. The Labute approximate surface area is 93.8 Å². The maximum Gasteiger partial charge on any atom is 0.159 e. The molecule has 0 aliphatic carbocycles. The minimum atomic E-state index is 0.782. The van der Waals surface area contributed by atoms with Gasteiger partial charge in [0.25, 0.3) is 0 Å². The fourth-order valence-corrected chi connectivity index (χ4v) is 2.98. The van der Waals surface area contributed by atoms with Gasteiger partial charge in [-0.15, -0.1) is 11.3 Å². The van der Waals surface area contributed by atoms with Gasteiger partial charge in [0.1, 0.15) is 11.4 Å². The molecular formula is C9H6N4S2. The van der Waals surface area contributed by atoms with Crippen molar-refractivity contribution in [2.45, 2.75) is 9.24 Å². The molecule has 0 aliphatic heterocycles. The number of thiophene rings is 1. The minimum absolute atomic E-state index is 0.782. The third-order valence-electron chi connectivity index (χ3n) is 1.90. The van der Waals surface area contributed by atoms with E-state index < -0.39 is 0 Å². The molecule has 15 heavy (non-hydrogen) atoms. The SMILES string of the molecule is c1csc(Sc2ncnc3[nH]ncc23)c1. The molecule has 3 aromatic rings. The van der Waals surface area contributed by atoms with Crippen molar-refractivity contribution in [3.63, 3.8) is 0 Å². The number of fused-ring (bicyclic) bond motifs is 1. The Balaban J connectivity index is 2.07. The first-order valence-electron chi connectivity index (χ1n) is 4.29. The van der Waals surface area contributed by atoms with Gasteiger partial charge < -0.3 is 0 Å². The highest BCUT2D eigenvalue weighted by Gasteiger charge is 2.07. The van der Waals surface area contributed by atoms with E-state index in [1.807, 2.05) is 6.07 Å². The number of rotatable bonds is 2. The predicted octanol–water partition coefficient (Wildman–Crippen LogP) is 2.57. The van der Waals surface area contributed by atoms with E-state index in [4.69, 9.17) is 0 Å². The van der Waals surface area contributed by atoms with Gasteiger partial charge in [-0.25, -0.2) is 9.97 Å². The fraction of sp³-hybridized carbons (Fsp3) is 0. The molecule has 0 bridgehead atoms. The van der Waals surface area contributed by atoms with E-state index in [2.05, 4.69) is 31.6 Å². The van der Waals surface area contributed by atoms with Crippen LogP contribution in [0.25, 0.3) is 11.0 Å². The summed E-state index contributed by atoms with van der Waals surface area (Å²) in [6.45, 7) is 0. The van der Waals surface area contributed by atoms with Gasteiger partial charge in [0.15, 0.2) is 5.65 Å². The molecule has 3 heterocycles. The zero-order valence-electron chi connectivity index (χ0n) is 7.54. The topological polar surface area (TPSA) is 54.5 Å². The predicted molar refractivity (Wildman–Crippen MR) is 60.1 cm³/mol. The monoisotopic (exact) mass is 234 g/mol. The summed E-state index contributed by atoms with van der Waals surface area (Å²) < 4.78 is 1.22. The lowest BCUT2D eigenvalue weighted by Gasteiger charge is -1.97. The Kier molecular flexibility index (Phi) is 2.15. The summed E-state index contributed by atoms with van der Waals surface area (Å²) in [4.78, 5) is 8.34. The van der Waals surface area contributed by atoms with E-state index in [0.717, 1.165) is 16.1 Å². The largest absolute Gasteiger partial charge is 0.261 e. The maximum absolute atomic E-state index is 4.25. The van der Waals surface area contributed by atoms with Crippen LogP contribution in [0.4, 0.5) is 0 Å². The molecule has 4 nitrogen and oxygen atoms in total. The van der Waals surface area contributed by atoms with Crippen molar-refractivity contribution in [3.8, 4) is 0 Å². The van der Waals surface area contributed by atoms with Crippen LogP contribution in [0.1, 0.15) is 0 Å². The third-order valence-corrected chi connectivity index (χ3v) is 3.96. The van der Waals surface area contributed by atoms with Crippen molar-refractivity contribution in [2.75, 3.05) is 0 Å². The summed E-state index contributed by atoms with van der Waals surface area (Å²) in [5, 5.41) is 10.7. The zero-order valence-corrected chi connectivity index (χ0v) is 9.18. The lowest BCUT2D eigenvalue weighted by Crippen LogP contribution is -1.83. The summed E-state index contributed by atoms with van der Waals surface area (Å²) in [5.41, 5.74) is 0.782. The molecule has 1 N–H and O–H groups in total. The normalized spacial score (nSPS) is 10.9. The Bertz CT molecular complexity index is 573. The molecule has 6 heteroatoms. The van der Waals surface area contributed by atoms with Gasteiger partial charge in [0, 0.05) is 0 Å². The Morgan fingerprint density at radius 3 is 3.20 bits per heavy atom. The molecule has 0 spiro atoms. The van der Waals surface area contributed by atoms with Crippen molar-refractivity contribution in [2.24, 2.45) is 0 Å². The van der Waals surface area contributed by atoms with Crippen LogP contribution in [0, 0.1) is 0 Å². The molecule has 3 aromatic heterocycles. The highest BCUT2D eigenvalue weighted by molar-refractivity contribution is 8.01. The van der Waals surface area contributed by atoms with Gasteiger partial charge in [-0.1, -0.05) is 17.8 Å². The second kappa shape index (κ2) is 3.63. The average Bonchev–Trinajstić information content (AvgIpc) is 2.87. The Morgan fingerprint density at radius 1 is 1.33 bits per heavy atom. The molecule has 0 atom stereocenters. The summed E-state index contributed by atoms with van der Waals surface area (Å²) in [5.74, 6) is 0. The summed E-state index contributed by atoms with van der Waals surface area (Å²) >= 11 is 3.34. The van der Waals surface area contributed by atoms with Crippen LogP contribution in [0.2, 0.25) is 0 Å². The number of nitrogens with zero attached hydrogens (tertiary/aromatic N) is 3. The van der Waals surface area contributed by atoms with Gasteiger partial charge in [-0.3, -0.25) is 5.10 Å². The third kappa shape index (κ3) is 1.62. The van der Waals surface area contributed by atoms with E-state index in [-0.39, 0.29) is 0 Å². The average molecular weight is 234 g/mol. The van der Waals surface area contributed by atoms with Crippen LogP contribution in [-0.4, -0.2) is 20.2 Å². The van der Waals surface area contributed by atoms with Gasteiger partial charge in [-0.05, 0) is 11.4 Å². The molecular weight excluding hydrogens is 228 g/mol. The first-order chi connectivity index (χ1) is 7.43. The van der Waals surface area contributed by atoms with Crippen LogP contribution in [0.15, 0.2) is 39.3 Å². The molecule has 0 aliphatic rings. The van der Waals surface area contributed by atoms with Crippen molar-refractivity contribution >= 4 is 34.1 Å². The highest BCUT2D eigenvalue weighted by Crippen LogP contribution is 2.32. The molecule has 0 unspecified atom stereocenters. The van der Waals surface area contributed by atoms with Crippen molar-refractivity contribution < 1.29 is 0 Å². The van der Waals surface area contributed by atoms with E-state index in [9.17, 15) is 0 Å². The molecule has 0 radical (unpaired) electrons. The Hall–Kier alpha value is -1.40. The fourth-order valence-electron chi connectivity index (χ4n) is 1.24. The highest BCUT2D eigenvalue weighted by atomic mass is 32.2. The van der Waals surface area contributed by atoms with Gasteiger partial charge in [0.05, 0.1) is 15.8 Å². The quantitative estimate of drug-likeness (QED) is 0.692. The van der Waals surface area contributed by atoms with Gasteiger partial charge in [0.2, 0.25) is 0 Å². The number of aromatic amines is 1. The molecule has 0 amide bonds. The molecule has 3 rings (SSSR count). The van der Waals surface area contributed by atoms with E-state index in [0.29, 0.717) is 0 Å². The lowest BCUT2D eigenvalue weighted by atomic mass is 10.4. The minimum Gasteiger partial charge on any atom is -0.261 e.